The van der Waals surface area contributed by atoms with Crippen LogP contribution in [-0.2, 0) is 30.9 Å². The lowest BCUT2D eigenvalue weighted by Crippen LogP contribution is -2.46. The third-order valence-electron chi connectivity index (χ3n) is 8.73. The summed E-state index contributed by atoms with van der Waals surface area (Å²) in [6.45, 7) is 5.86. The van der Waals surface area contributed by atoms with Gasteiger partial charge in [-0.3, -0.25) is 14.7 Å². The van der Waals surface area contributed by atoms with Gasteiger partial charge in [0.2, 0.25) is 0 Å². The summed E-state index contributed by atoms with van der Waals surface area (Å²) in [6, 6.07) is 30.1. The van der Waals surface area contributed by atoms with E-state index >= 15 is 0 Å². The van der Waals surface area contributed by atoms with Gasteiger partial charge in [-0.05, 0) is 84.3 Å². The minimum Gasteiger partial charge on any atom is -0.445 e. The number of alkyl carbamates (subject to hydrolysis) is 1. The van der Waals surface area contributed by atoms with E-state index < -0.39 is 6.09 Å². The molecule has 2 heterocycles. The Bertz CT molecular complexity index is 1640. The Morgan fingerprint density at radius 2 is 1.62 bits per heavy atom. The summed E-state index contributed by atoms with van der Waals surface area (Å²) in [4.78, 5) is 34.9. The number of nitrogens with one attached hydrogen (secondary N) is 1. The van der Waals surface area contributed by atoms with Gasteiger partial charge in [0.05, 0.1) is 6.54 Å². The maximum Gasteiger partial charge on any atom is 0.408 e. The Morgan fingerprint density at radius 3 is 2.38 bits per heavy atom. The molecule has 0 aliphatic carbocycles. The van der Waals surface area contributed by atoms with Crippen molar-refractivity contribution in [2.24, 2.45) is 0 Å². The zero-order valence-electron chi connectivity index (χ0n) is 27.9. The molecule has 1 fully saturated rings. The fraction of sp³-hybridized carbons (Fsp3) is 0.341. The number of hydrogen-bond donors (Lipinski definition) is 1. The molecule has 0 bridgehead atoms. The van der Waals surface area contributed by atoms with E-state index in [1.165, 1.54) is 30.4 Å². The van der Waals surface area contributed by atoms with Crippen molar-refractivity contribution >= 4 is 12.0 Å². The van der Waals surface area contributed by atoms with Gasteiger partial charge in [-0.2, -0.15) is 0 Å². The number of likely N-dealkylation sites (tertiary alicyclic amines) is 1. The van der Waals surface area contributed by atoms with E-state index in [0.29, 0.717) is 6.54 Å². The summed E-state index contributed by atoms with van der Waals surface area (Å²) in [5.41, 5.74) is 6.06. The number of ether oxygens (including phenoxy) is 1. The second kappa shape index (κ2) is 18.4. The third kappa shape index (κ3) is 10.8. The quantitative estimate of drug-likeness (QED) is 0.122. The molecule has 248 valence electrons. The van der Waals surface area contributed by atoms with Crippen molar-refractivity contribution in [3.8, 4) is 11.8 Å². The summed E-state index contributed by atoms with van der Waals surface area (Å²) in [5.74, 6) is 6.24. The average molecular weight is 643 g/mol. The molecule has 7 heteroatoms. The fourth-order valence-electron chi connectivity index (χ4n) is 6.04. The fourth-order valence-corrected chi connectivity index (χ4v) is 6.04. The molecule has 0 saturated carbocycles. The SMILES string of the molecule is CCCCCc1ccc(C(=O)N(Cc2cccc(C#CCNC(=O)OCc3ccccc3)c2)C2CCN(Cc3ccncc3)CC2)cc1. The van der Waals surface area contributed by atoms with Crippen LogP contribution in [0.4, 0.5) is 4.79 Å². The molecule has 1 aliphatic rings. The average Bonchev–Trinajstić information content (AvgIpc) is 3.13. The van der Waals surface area contributed by atoms with Gasteiger partial charge in [0.15, 0.2) is 0 Å². The molecular formula is C41H46N4O3. The van der Waals surface area contributed by atoms with Gasteiger partial charge in [-0.25, -0.2) is 4.79 Å². The Labute approximate surface area is 285 Å². The van der Waals surface area contributed by atoms with Crippen LogP contribution in [0.25, 0.3) is 0 Å². The molecule has 4 aromatic rings. The lowest BCUT2D eigenvalue weighted by atomic mass is 9.99. The first-order chi connectivity index (χ1) is 23.6. The minimum atomic E-state index is -0.503. The molecule has 1 aromatic heterocycles. The molecule has 1 aliphatic heterocycles. The summed E-state index contributed by atoms with van der Waals surface area (Å²) in [5, 5.41) is 2.69. The number of pyridine rings is 1. The molecule has 5 rings (SSSR count). The molecule has 0 unspecified atom stereocenters. The van der Waals surface area contributed by atoms with Crippen LogP contribution in [0.5, 0.6) is 0 Å². The van der Waals surface area contributed by atoms with E-state index in [0.717, 1.165) is 61.2 Å². The third-order valence-corrected chi connectivity index (χ3v) is 8.73. The maximum atomic E-state index is 14.1. The highest BCUT2D eigenvalue weighted by atomic mass is 16.5. The number of aryl methyl sites for hydroxylation is 1. The predicted octanol–water partition coefficient (Wildman–Crippen LogP) is 7.40. The van der Waals surface area contributed by atoms with Crippen molar-refractivity contribution in [2.45, 2.75) is 71.2 Å². The summed E-state index contributed by atoms with van der Waals surface area (Å²) in [6.07, 6.45) is 9.63. The first-order valence-electron chi connectivity index (χ1n) is 17.1. The van der Waals surface area contributed by atoms with Crippen molar-refractivity contribution in [1.82, 2.24) is 20.1 Å². The standard InChI is InChI=1S/C41H46N4O3/c1-2-3-5-10-33-16-18-38(19-17-33)40(46)45(39-22-27-44(28-23-39)30-35-20-25-42-26-21-35)31-37-14-8-13-34(29-37)15-9-24-43-41(47)48-32-36-11-6-4-7-12-36/h4,6-8,11-14,16-21,25-26,29,39H,2-3,5,10,22-24,27-28,30-32H2,1H3,(H,43,47). The van der Waals surface area contributed by atoms with Crippen LogP contribution in [0.15, 0.2) is 103 Å². The number of benzene rings is 3. The predicted molar refractivity (Wildman–Crippen MR) is 190 cm³/mol. The summed E-state index contributed by atoms with van der Waals surface area (Å²) < 4.78 is 5.26. The Hall–Kier alpha value is -4.93. The van der Waals surface area contributed by atoms with Gasteiger partial charge in [0, 0.05) is 55.7 Å². The number of unbranched alkanes of at least 4 members (excludes halogenated alkanes) is 2. The minimum absolute atomic E-state index is 0.0670. The van der Waals surface area contributed by atoms with Crippen LogP contribution < -0.4 is 5.32 Å². The van der Waals surface area contributed by atoms with Crippen molar-refractivity contribution in [3.63, 3.8) is 0 Å². The van der Waals surface area contributed by atoms with Gasteiger partial charge in [-0.15, -0.1) is 0 Å². The molecule has 0 radical (unpaired) electrons. The molecule has 3 aromatic carbocycles. The zero-order chi connectivity index (χ0) is 33.4. The van der Waals surface area contributed by atoms with Crippen molar-refractivity contribution in [1.29, 1.82) is 0 Å². The van der Waals surface area contributed by atoms with Crippen molar-refractivity contribution < 1.29 is 14.3 Å². The monoisotopic (exact) mass is 642 g/mol. The second-order valence-electron chi connectivity index (χ2n) is 12.4. The normalized spacial score (nSPS) is 13.3. The largest absolute Gasteiger partial charge is 0.445 e. The van der Waals surface area contributed by atoms with E-state index in [-0.39, 0.29) is 25.1 Å². The van der Waals surface area contributed by atoms with Crippen LogP contribution in [0.2, 0.25) is 0 Å². The van der Waals surface area contributed by atoms with E-state index in [4.69, 9.17) is 4.74 Å². The van der Waals surface area contributed by atoms with E-state index in [9.17, 15) is 9.59 Å². The molecule has 2 amide bonds. The van der Waals surface area contributed by atoms with Crippen LogP contribution in [-0.4, -0.2) is 52.5 Å². The number of carbonyl (C=O) groups excluding carboxylic acids is 2. The number of aromatic nitrogens is 1. The highest BCUT2D eigenvalue weighted by Gasteiger charge is 2.29. The van der Waals surface area contributed by atoms with Crippen LogP contribution in [0.1, 0.15) is 77.2 Å². The molecule has 0 spiro atoms. The number of nitrogens with zero attached hydrogens (tertiary/aromatic N) is 3. The molecular weight excluding hydrogens is 596 g/mol. The molecule has 0 atom stereocenters. The van der Waals surface area contributed by atoms with Crippen LogP contribution in [0.3, 0.4) is 0 Å². The highest BCUT2D eigenvalue weighted by Crippen LogP contribution is 2.24. The molecule has 1 saturated heterocycles. The van der Waals surface area contributed by atoms with E-state index in [1.54, 1.807) is 0 Å². The summed E-state index contributed by atoms with van der Waals surface area (Å²) >= 11 is 0. The summed E-state index contributed by atoms with van der Waals surface area (Å²) in [7, 11) is 0. The molecule has 7 nitrogen and oxygen atoms in total. The van der Waals surface area contributed by atoms with Gasteiger partial charge in [-0.1, -0.05) is 86.2 Å². The van der Waals surface area contributed by atoms with Gasteiger partial charge in [0.1, 0.15) is 6.61 Å². The highest BCUT2D eigenvalue weighted by molar-refractivity contribution is 5.94. The number of piperidine rings is 1. The lowest BCUT2D eigenvalue weighted by molar-refractivity contribution is 0.0542. The van der Waals surface area contributed by atoms with E-state index in [1.807, 2.05) is 73.1 Å². The van der Waals surface area contributed by atoms with Crippen LogP contribution >= 0.6 is 0 Å². The topological polar surface area (TPSA) is 74.8 Å². The molecule has 48 heavy (non-hydrogen) atoms. The number of rotatable bonds is 13. The first-order valence-corrected chi connectivity index (χ1v) is 17.1. The van der Waals surface area contributed by atoms with Gasteiger partial charge >= 0.3 is 6.09 Å². The Kier molecular flexibility index (Phi) is 13.2. The lowest BCUT2D eigenvalue weighted by Gasteiger charge is -2.39. The van der Waals surface area contributed by atoms with Crippen molar-refractivity contribution in [3.05, 3.63) is 137 Å². The van der Waals surface area contributed by atoms with E-state index in [2.05, 4.69) is 69.2 Å². The second-order valence-corrected chi connectivity index (χ2v) is 12.4. The Morgan fingerprint density at radius 1 is 0.875 bits per heavy atom. The van der Waals surface area contributed by atoms with Gasteiger partial charge < -0.3 is 15.0 Å². The van der Waals surface area contributed by atoms with Crippen LogP contribution in [0, 0.1) is 11.8 Å². The maximum absolute atomic E-state index is 14.1. The number of carbonyl (C=O) groups is 2. The first kappa shape index (κ1) is 34.4. The smallest absolute Gasteiger partial charge is 0.408 e. The number of amides is 2. The molecule has 1 N–H and O–H groups in total. The Balaban J connectivity index is 1.22. The van der Waals surface area contributed by atoms with Gasteiger partial charge in [0.25, 0.3) is 5.91 Å². The van der Waals surface area contributed by atoms with Crippen molar-refractivity contribution in [2.75, 3.05) is 19.6 Å². The number of hydrogen-bond acceptors (Lipinski definition) is 5. The zero-order valence-corrected chi connectivity index (χ0v) is 27.9.